The van der Waals surface area contributed by atoms with Gasteiger partial charge in [-0.05, 0) is 52.9 Å². The summed E-state index contributed by atoms with van der Waals surface area (Å²) in [5, 5.41) is 12.0. The number of nitrogens with zero attached hydrogens (tertiary/aromatic N) is 1. The average Bonchev–Trinajstić information content (AvgIpc) is 3.34. The molecule has 0 spiro atoms. The van der Waals surface area contributed by atoms with E-state index in [9.17, 15) is 14.9 Å². The molecule has 1 aromatic heterocycles. The van der Waals surface area contributed by atoms with Crippen molar-refractivity contribution in [2.45, 2.75) is 32.7 Å². The van der Waals surface area contributed by atoms with Gasteiger partial charge in [-0.2, -0.15) is 5.26 Å². The molecule has 0 bridgehead atoms. The second kappa shape index (κ2) is 11.0. The van der Waals surface area contributed by atoms with Gasteiger partial charge in [-0.1, -0.05) is 51.1 Å². The van der Waals surface area contributed by atoms with Crippen LogP contribution in [-0.4, -0.2) is 18.5 Å². The lowest BCUT2D eigenvalue weighted by Gasteiger charge is -2.22. The molecule has 174 valence electrons. The van der Waals surface area contributed by atoms with Crippen molar-refractivity contribution in [3.8, 4) is 17.6 Å². The van der Waals surface area contributed by atoms with Crippen LogP contribution in [0.25, 0.3) is 6.08 Å². The molecule has 0 unspecified atom stereocenters. The highest BCUT2D eigenvalue weighted by molar-refractivity contribution is 6.01. The van der Waals surface area contributed by atoms with E-state index in [-0.39, 0.29) is 24.1 Å². The van der Waals surface area contributed by atoms with Crippen molar-refractivity contribution < 1.29 is 23.5 Å². The fourth-order valence-electron chi connectivity index (χ4n) is 3.13. The molecular formula is C27H26N2O5. The fraction of sp³-hybridized carbons (Fsp3) is 0.222. The standard InChI is InChI=1S/C27H26N2O5/c1-27(2,3)23-8-4-5-9-24(23)33-18-25(30)34-21-12-10-19(11-13-21)15-20(16-28)26(31)29-17-22-7-6-14-32-22/h4-15H,17-18H2,1-3H3,(H,29,31)/b20-15+. The molecule has 2 aromatic carbocycles. The second-order valence-corrected chi connectivity index (χ2v) is 8.51. The Morgan fingerprint density at radius 3 is 2.44 bits per heavy atom. The number of carbonyl (C=O) groups excluding carboxylic acids is 2. The van der Waals surface area contributed by atoms with Crippen LogP contribution in [0.5, 0.6) is 11.5 Å². The summed E-state index contributed by atoms with van der Waals surface area (Å²) in [4.78, 5) is 24.5. The molecule has 0 radical (unpaired) electrons. The van der Waals surface area contributed by atoms with Crippen LogP contribution in [0.15, 0.2) is 76.9 Å². The van der Waals surface area contributed by atoms with Gasteiger partial charge in [0, 0.05) is 0 Å². The predicted molar refractivity (Wildman–Crippen MR) is 127 cm³/mol. The molecule has 0 fully saturated rings. The van der Waals surface area contributed by atoms with Gasteiger partial charge in [-0.25, -0.2) is 4.79 Å². The number of hydrogen-bond acceptors (Lipinski definition) is 6. The maximum Gasteiger partial charge on any atom is 0.349 e. The number of benzene rings is 2. The maximum absolute atomic E-state index is 12.3. The van der Waals surface area contributed by atoms with Crippen molar-refractivity contribution in [2.75, 3.05) is 6.61 Å². The summed E-state index contributed by atoms with van der Waals surface area (Å²) in [6.07, 6.45) is 2.96. The highest BCUT2D eigenvalue weighted by Crippen LogP contribution is 2.30. The zero-order chi connectivity index (χ0) is 24.6. The number of furan rings is 1. The van der Waals surface area contributed by atoms with Crippen LogP contribution in [-0.2, 0) is 21.5 Å². The van der Waals surface area contributed by atoms with Crippen LogP contribution in [0.1, 0.15) is 37.7 Å². The highest BCUT2D eigenvalue weighted by atomic mass is 16.6. The van der Waals surface area contributed by atoms with Crippen molar-refractivity contribution >= 4 is 18.0 Å². The molecule has 0 aliphatic carbocycles. The number of rotatable bonds is 8. The van der Waals surface area contributed by atoms with E-state index < -0.39 is 11.9 Å². The lowest BCUT2D eigenvalue weighted by Crippen LogP contribution is -2.23. The smallest absolute Gasteiger partial charge is 0.349 e. The van der Waals surface area contributed by atoms with Crippen molar-refractivity contribution in [3.05, 3.63) is 89.4 Å². The Bertz CT molecular complexity index is 1200. The molecule has 0 aliphatic heterocycles. The van der Waals surface area contributed by atoms with Crippen LogP contribution < -0.4 is 14.8 Å². The first-order chi connectivity index (χ1) is 16.3. The summed E-state index contributed by atoms with van der Waals surface area (Å²) < 4.78 is 16.2. The normalized spacial score (nSPS) is 11.4. The third kappa shape index (κ3) is 6.84. The Morgan fingerprint density at radius 1 is 1.06 bits per heavy atom. The first-order valence-electron chi connectivity index (χ1n) is 10.7. The van der Waals surface area contributed by atoms with E-state index in [1.807, 2.05) is 30.3 Å². The molecule has 7 heteroatoms. The number of para-hydroxylation sites is 1. The Morgan fingerprint density at radius 2 is 1.79 bits per heavy atom. The van der Waals surface area contributed by atoms with Crippen LogP contribution in [0, 0.1) is 11.3 Å². The Kier molecular flexibility index (Phi) is 7.88. The van der Waals surface area contributed by atoms with E-state index in [2.05, 4.69) is 26.1 Å². The molecule has 1 heterocycles. The van der Waals surface area contributed by atoms with Gasteiger partial charge in [-0.15, -0.1) is 0 Å². The number of carbonyl (C=O) groups is 2. The van der Waals surface area contributed by atoms with Crippen molar-refractivity contribution in [1.29, 1.82) is 5.26 Å². The fourth-order valence-corrected chi connectivity index (χ4v) is 3.13. The Balaban J connectivity index is 1.56. The monoisotopic (exact) mass is 458 g/mol. The number of nitrogens with one attached hydrogen (secondary N) is 1. The van der Waals surface area contributed by atoms with E-state index in [4.69, 9.17) is 13.9 Å². The third-order valence-electron chi connectivity index (χ3n) is 4.83. The molecule has 34 heavy (non-hydrogen) atoms. The summed E-state index contributed by atoms with van der Waals surface area (Å²) in [6.45, 7) is 6.17. The quantitative estimate of drug-likeness (QED) is 0.225. The molecule has 1 N–H and O–H groups in total. The molecule has 0 saturated carbocycles. The maximum atomic E-state index is 12.3. The molecule has 0 aliphatic rings. The largest absolute Gasteiger partial charge is 0.482 e. The summed E-state index contributed by atoms with van der Waals surface area (Å²) >= 11 is 0. The lowest BCUT2D eigenvalue weighted by molar-refractivity contribution is -0.136. The minimum Gasteiger partial charge on any atom is -0.482 e. The number of amides is 1. The van der Waals surface area contributed by atoms with Gasteiger partial charge in [0.15, 0.2) is 6.61 Å². The molecule has 3 aromatic rings. The van der Waals surface area contributed by atoms with Crippen LogP contribution in [0.4, 0.5) is 0 Å². The molecule has 0 saturated heterocycles. The second-order valence-electron chi connectivity index (χ2n) is 8.51. The number of nitriles is 1. The van der Waals surface area contributed by atoms with Crippen molar-refractivity contribution in [2.24, 2.45) is 0 Å². The number of hydrogen-bond donors (Lipinski definition) is 1. The van der Waals surface area contributed by atoms with E-state index in [1.54, 1.807) is 36.4 Å². The van der Waals surface area contributed by atoms with Gasteiger partial charge >= 0.3 is 5.97 Å². The Hall–Kier alpha value is -4.31. The molecular weight excluding hydrogens is 432 g/mol. The van der Waals surface area contributed by atoms with E-state index in [0.29, 0.717) is 22.8 Å². The topological polar surface area (TPSA) is 102 Å². The molecule has 1 amide bonds. The lowest BCUT2D eigenvalue weighted by atomic mass is 9.86. The Labute approximate surface area is 198 Å². The van der Waals surface area contributed by atoms with E-state index in [1.165, 1.54) is 12.3 Å². The molecule has 0 atom stereocenters. The van der Waals surface area contributed by atoms with Crippen LogP contribution in [0.3, 0.4) is 0 Å². The van der Waals surface area contributed by atoms with Crippen molar-refractivity contribution in [1.82, 2.24) is 5.32 Å². The summed E-state index contributed by atoms with van der Waals surface area (Å²) in [7, 11) is 0. The minimum absolute atomic E-state index is 0.0535. The van der Waals surface area contributed by atoms with Crippen LogP contribution in [0.2, 0.25) is 0 Å². The SMILES string of the molecule is CC(C)(C)c1ccccc1OCC(=O)Oc1ccc(/C=C(\C#N)C(=O)NCc2ccco2)cc1. The first kappa shape index (κ1) is 24.3. The minimum atomic E-state index is -0.540. The van der Waals surface area contributed by atoms with Gasteiger partial charge in [0.1, 0.15) is 28.9 Å². The van der Waals surface area contributed by atoms with Crippen LogP contribution >= 0.6 is 0 Å². The molecule has 7 nitrogen and oxygen atoms in total. The summed E-state index contributed by atoms with van der Waals surface area (Å²) in [5.74, 6) is 0.504. The molecule has 3 rings (SSSR count). The predicted octanol–water partition coefficient (Wildman–Crippen LogP) is 4.78. The van der Waals surface area contributed by atoms with Crippen molar-refractivity contribution in [3.63, 3.8) is 0 Å². The first-order valence-corrected chi connectivity index (χ1v) is 10.7. The van der Waals surface area contributed by atoms with Gasteiger partial charge in [0.05, 0.1) is 12.8 Å². The van der Waals surface area contributed by atoms with Gasteiger partial charge in [0.2, 0.25) is 0 Å². The van der Waals surface area contributed by atoms with Gasteiger partial charge in [-0.3, -0.25) is 4.79 Å². The zero-order valence-corrected chi connectivity index (χ0v) is 19.3. The van der Waals surface area contributed by atoms with E-state index in [0.717, 1.165) is 5.56 Å². The van der Waals surface area contributed by atoms with Gasteiger partial charge in [0.25, 0.3) is 5.91 Å². The third-order valence-corrected chi connectivity index (χ3v) is 4.83. The summed E-state index contributed by atoms with van der Waals surface area (Å²) in [5.41, 5.74) is 1.43. The zero-order valence-electron chi connectivity index (χ0n) is 19.3. The van der Waals surface area contributed by atoms with E-state index >= 15 is 0 Å². The van der Waals surface area contributed by atoms with Gasteiger partial charge < -0.3 is 19.2 Å². The summed E-state index contributed by atoms with van der Waals surface area (Å²) in [6, 6.07) is 19.4. The average molecular weight is 459 g/mol. The number of ether oxygens (including phenoxy) is 2. The number of esters is 1. The highest BCUT2D eigenvalue weighted by Gasteiger charge is 2.19.